The predicted octanol–water partition coefficient (Wildman–Crippen LogP) is 2.26. The van der Waals surface area contributed by atoms with Crippen molar-refractivity contribution in [3.63, 3.8) is 0 Å². The molecule has 0 fully saturated rings. The summed E-state index contributed by atoms with van der Waals surface area (Å²) in [5.41, 5.74) is 0. The minimum Gasteiger partial charge on any atom is -0.478 e. The average molecular weight is 258 g/mol. The number of hydrogen-bond acceptors (Lipinski definition) is 4. The Morgan fingerprint density at radius 2 is 2.18 bits per heavy atom. The molecule has 0 aromatic rings. The molecule has 17 heavy (non-hydrogen) atoms. The van der Waals surface area contributed by atoms with Gasteiger partial charge < -0.3 is 9.84 Å². The zero-order valence-corrected chi connectivity index (χ0v) is 10.7. The molecule has 0 aliphatic rings. The summed E-state index contributed by atoms with van der Waals surface area (Å²) in [6.45, 7) is 6.05. The van der Waals surface area contributed by atoms with E-state index in [2.05, 4.69) is 13.5 Å². The van der Waals surface area contributed by atoms with Gasteiger partial charge in [-0.3, -0.25) is 0 Å². The molecule has 0 amide bonds. The Morgan fingerprint density at radius 1 is 1.47 bits per heavy atom. The molecule has 0 aromatic heterocycles. The second-order valence-corrected chi connectivity index (χ2v) is 4.81. The molecule has 5 heteroatoms. The molecule has 0 aliphatic heterocycles. The van der Waals surface area contributed by atoms with Crippen LogP contribution in [-0.4, -0.2) is 34.7 Å². The lowest BCUT2D eigenvalue weighted by molar-refractivity contribution is -0.138. The van der Waals surface area contributed by atoms with Gasteiger partial charge in [0.15, 0.2) is 0 Å². The van der Waals surface area contributed by atoms with E-state index in [1.165, 1.54) is 0 Å². The Bertz CT molecular complexity index is 286. The van der Waals surface area contributed by atoms with E-state index in [1.807, 2.05) is 6.08 Å². The lowest BCUT2D eigenvalue weighted by atomic mass is 10.2. The van der Waals surface area contributed by atoms with E-state index in [-0.39, 0.29) is 0 Å². The number of carbonyl (C=O) groups excluding carboxylic acids is 1. The molecule has 1 N–H and O–H groups in total. The number of carboxylic acids is 1. The van der Waals surface area contributed by atoms with E-state index >= 15 is 0 Å². The lowest BCUT2D eigenvalue weighted by Crippen LogP contribution is -2.10. The normalized spacial score (nSPS) is 12.3. The van der Waals surface area contributed by atoms with E-state index in [9.17, 15) is 9.59 Å². The van der Waals surface area contributed by atoms with Gasteiger partial charge in [0.1, 0.15) is 0 Å². The van der Waals surface area contributed by atoms with Crippen LogP contribution in [0.2, 0.25) is 0 Å². The van der Waals surface area contributed by atoms with Gasteiger partial charge in [-0.15, -0.1) is 6.58 Å². The third-order valence-corrected chi connectivity index (χ3v) is 3.11. The van der Waals surface area contributed by atoms with Crippen molar-refractivity contribution in [2.75, 3.05) is 12.4 Å². The van der Waals surface area contributed by atoms with Crippen LogP contribution in [0.1, 0.15) is 19.8 Å². The summed E-state index contributed by atoms with van der Waals surface area (Å²) in [6.07, 6.45) is 5.15. The van der Waals surface area contributed by atoms with Gasteiger partial charge in [0.25, 0.3) is 0 Å². The van der Waals surface area contributed by atoms with Gasteiger partial charge >= 0.3 is 11.9 Å². The zero-order chi connectivity index (χ0) is 13.1. The van der Waals surface area contributed by atoms with Crippen molar-refractivity contribution < 1.29 is 19.4 Å². The number of esters is 1. The van der Waals surface area contributed by atoms with E-state index in [1.54, 1.807) is 11.8 Å². The Hall–Kier alpha value is -1.23. The number of carbonyl (C=O) groups is 2. The van der Waals surface area contributed by atoms with E-state index in [4.69, 9.17) is 9.84 Å². The number of ether oxygens (including phenoxy) is 1. The minimum atomic E-state index is -1.16. The minimum absolute atomic E-state index is 0.300. The van der Waals surface area contributed by atoms with Gasteiger partial charge in [-0.05, 0) is 18.6 Å². The molecule has 4 nitrogen and oxygen atoms in total. The van der Waals surface area contributed by atoms with Gasteiger partial charge in [0.05, 0.1) is 6.61 Å². The highest BCUT2D eigenvalue weighted by Crippen LogP contribution is 2.18. The highest BCUT2D eigenvalue weighted by atomic mass is 32.2. The number of carboxylic acid groups (broad SMARTS) is 1. The predicted molar refractivity (Wildman–Crippen MR) is 69.1 cm³/mol. The molecule has 0 aliphatic carbocycles. The first-order valence-corrected chi connectivity index (χ1v) is 6.45. The summed E-state index contributed by atoms with van der Waals surface area (Å²) in [5.74, 6) is -0.773. The summed E-state index contributed by atoms with van der Waals surface area (Å²) in [4.78, 5) is 21.2. The number of thioether (sulfide) groups is 1. The summed E-state index contributed by atoms with van der Waals surface area (Å²) in [7, 11) is 0. The van der Waals surface area contributed by atoms with Crippen LogP contribution in [0.3, 0.4) is 0 Å². The largest absolute Gasteiger partial charge is 0.478 e. The number of hydrogen-bond donors (Lipinski definition) is 1. The molecule has 0 aromatic carbocycles. The molecule has 0 spiro atoms. The standard InChI is InChI=1S/C12H18O4S/c1-3-5-10(17-4-2)8-9-16-12(15)7-6-11(13)14/h3,6-7,10H,1,4-5,8-9H2,2H3,(H,13,14). The van der Waals surface area contributed by atoms with Crippen molar-refractivity contribution in [1.82, 2.24) is 0 Å². The van der Waals surface area contributed by atoms with Gasteiger partial charge in [0, 0.05) is 17.4 Å². The highest BCUT2D eigenvalue weighted by Gasteiger charge is 2.07. The molecule has 0 bridgehead atoms. The topological polar surface area (TPSA) is 63.6 Å². The summed E-state index contributed by atoms with van der Waals surface area (Å²) >= 11 is 1.80. The van der Waals surface area contributed by atoms with Crippen LogP contribution in [0.4, 0.5) is 0 Å². The Balaban J connectivity index is 3.83. The van der Waals surface area contributed by atoms with Crippen molar-refractivity contribution in [2.45, 2.75) is 25.0 Å². The van der Waals surface area contributed by atoms with Crippen molar-refractivity contribution in [2.24, 2.45) is 0 Å². The summed E-state index contributed by atoms with van der Waals surface area (Å²) in [6, 6.07) is 0. The molecule has 1 atom stereocenters. The van der Waals surface area contributed by atoms with Crippen LogP contribution in [0.15, 0.2) is 24.8 Å². The molecule has 0 saturated heterocycles. The van der Waals surface area contributed by atoms with Gasteiger partial charge in [-0.2, -0.15) is 11.8 Å². The fraction of sp³-hybridized carbons (Fsp3) is 0.500. The zero-order valence-electron chi connectivity index (χ0n) is 9.93. The lowest BCUT2D eigenvalue weighted by Gasteiger charge is -2.12. The maximum Gasteiger partial charge on any atom is 0.331 e. The van der Waals surface area contributed by atoms with Crippen LogP contribution in [0.25, 0.3) is 0 Å². The Labute approximate surface area is 106 Å². The van der Waals surface area contributed by atoms with Crippen molar-refractivity contribution >= 4 is 23.7 Å². The number of rotatable bonds is 9. The van der Waals surface area contributed by atoms with Crippen LogP contribution in [0, 0.1) is 0 Å². The molecule has 0 heterocycles. The van der Waals surface area contributed by atoms with Gasteiger partial charge in [0.2, 0.25) is 0 Å². The molecular weight excluding hydrogens is 240 g/mol. The van der Waals surface area contributed by atoms with Crippen LogP contribution < -0.4 is 0 Å². The Kier molecular flexibility index (Phi) is 9.24. The second-order valence-electron chi connectivity index (χ2n) is 3.23. The van der Waals surface area contributed by atoms with E-state index < -0.39 is 11.9 Å². The van der Waals surface area contributed by atoms with Gasteiger partial charge in [-0.25, -0.2) is 9.59 Å². The monoisotopic (exact) mass is 258 g/mol. The van der Waals surface area contributed by atoms with Crippen molar-refractivity contribution in [3.8, 4) is 0 Å². The first kappa shape index (κ1) is 15.8. The quantitative estimate of drug-likeness (QED) is 0.390. The van der Waals surface area contributed by atoms with Crippen molar-refractivity contribution in [3.05, 3.63) is 24.8 Å². The Morgan fingerprint density at radius 3 is 2.71 bits per heavy atom. The highest BCUT2D eigenvalue weighted by molar-refractivity contribution is 7.99. The first-order valence-electron chi connectivity index (χ1n) is 5.40. The maximum absolute atomic E-state index is 11.0. The molecule has 96 valence electrons. The van der Waals surface area contributed by atoms with E-state index in [0.717, 1.165) is 30.7 Å². The van der Waals surface area contributed by atoms with Crippen LogP contribution in [-0.2, 0) is 14.3 Å². The summed E-state index contributed by atoms with van der Waals surface area (Å²) < 4.78 is 4.88. The summed E-state index contributed by atoms with van der Waals surface area (Å²) in [5, 5.41) is 8.70. The molecule has 0 saturated carbocycles. The molecule has 1 unspecified atom stereocenters. The first-order chi connectivity index (χ1) is 8.10. The van der Waals surface area contributed by atoms with Crippen LogP contribution in [0.5, 0.6) is 0 Å². The maximum atomic E-state index is 11.0. The van der Waals surface area contributed by atoms with Gasteiger partial charge in [-0.1, -0.05) is 13.0 Å². The third kappa shape index (κ3) is 9.68. The molecule has 0 radical (unpaired) electrons. The average Bonchev–Trinajstić information content (AvgIpc) is 2.27. The number of allylic oxidation sites excluding steroid dienone is 1. The SMILES string of the molecule is C=CCC(CCOC(=O)C=CC(=O)O)SCC. The third-order valence-electron chi connectivity index (χ3n) is 1.88. The fourth-order valence-corrected chi connectivity index (χ4v) is 2.18. The molecule has 0 rings (SSSR count). The van der Waals surface area contributed by atoms with Crippen molar-refractivity contribution in [1.29, 1.82) is 0 Å². The number of aliphatic carboxylic acids is 1. The molecular formula is C12H18O4S. The fourth-order valence-electron chi connectivity index (χ4n) is 1.17. The van der Waals surface area contributed by atoms with E-state index in [0.29, 0.717) is 11.9 Å². The second kappa shape index (κ2) is 9.96. The van der Waals surface area contributed by atoms with Crippen LogP contribution >= 0.6 is 11.8 Å². The smallest absolute Gasteiger partial charge is 0.331 e.